The van der Waals surface area contributed by atoms with Crippen LogP contribution in [0.4, 0.5) is 13.2 Å². The lowest BCUT2D eigenvalue weighted by atomic mass is 9.88. The number of halogens is 3. The Labute approximate surface area is 236 Å². The van der Waals surface area contributed by atoms with E-state index in [1.165, 1.54) is 38.5 Å². The van der Waals surface area contributed by atoms with E-state index in [2.05, 4.69) is 9.97 Å². The van der Waals surface area contributed by atoms with Crippen molar-refractivity contribution < 1.29 is 31.9 Å². The van der Waals surface area contributed by atoms with Gasteiger partial charge in [-0.15, -0.1) is 0 Å². The number of aryl methyl sites for hydroxylation is 1. The Hall–Kier alpha value is -3.67. The molecule has 12 heteroatoms. The molecule has 2 aliphatic rings. The first kappa shape index (κ1) is 30.3. The molecular formula is C29H36F3N5O4. The monoisotopic (exact) mass is 575 g/mol. The second kappa shape index (κ2) is 12.9. The van der Waals surface area contributed by atoms with Crippen LogP contribution in [0.2, 0.25) is 0 Å². The van der Waals surface area contributed by atoms with Crippen LogP contribution in [0.1, 0.15) is 62.2 Å². The average molecular weight is 576 g/mol. The van der Waals surface area contributed by atoms with Crippen LogP contribution in [0.5, 0.6) is 5.75 Å². The third-order valence-corrected chi connectivity index (χ3v) is 7.54. The predicted octanol–water partition coefficient (Wildman–Crippen LogP) is 5.11. The number of rotatable bonds is 5. The van der Waals surface area contributed by atoms with Gasteiger partial charge >= 0.3 is 6.18 Å². The molecule has 3 aromatic rings. The largest absolute Gasteiger partial charge is 0.494 e. The van der Waals surface area contributed by atoms with E-state index in [0.717, 1.165) is 25.3 Å². The molecule has 1 aliphatic heterocycles. The first-order chi connectivity index (χ1) is 19.5. The molecule has 0 spiro atoms. The summed E-state index contributed by atoms with van der Waals surface area (Å²) in [6, 6.07) is 5.13. The van der Waals surface area contributed by atoms with Crippen LogP contribution in [0, 0.1) is 12.8 Å². The molecule has 9 nitrogen and oxygen atoms in total. The number of hydrogen-bond acceptors (Lipinski definition) is 7. The molecule has 222 valence electrons. The fourth-order valence-corrected chi connectivity index (χ4v) is 5.30. The van der Waals surface area contributed by atoms with Gasteiger partial charge < -0.3 is 24.7 Å². The molecule has 1 saturated carbocycles. The number of carbonyl (C=O) groups is 2. The van der Waals surface area contributed by atoms with Crippen molar-refractivity contribution in [2.24, 2.45) is 11.7 Å². The van der Waals surface area contributed by atoms with Gasteiger partial charge in [0.2, 0.25) is 18.2 Å². The quantitative estimate of drug-likeness (QED) is 0.421. The minimum absolute atomic E-state index is 0.0908. The smallest absolute Gasteiger partial charge is 0.433 e. The summed E-state index contributed by atoms with van der Waals surface area (Å²) in [7, 11) is 1.37. The Kier molecular flexibility index (Phi) is 9.52. The maximum Gasteiger partial charge on any atom is 0.433 e. The topological polar surface area (TPSA) is 115 Å². The zero-order valence-corrected chi connectivity index (χ0v) is 23.5. The number of oxazole rings is 1. The Morgan fingerprint density at radius 1 is 1.10 bits per heavy atom. The van der Waals surface area contributed by atoms with Crippen LogP contribution < -0.4 is 10.5 Å². The van der Waals surface area contributed by atoms with E-state index in [9.17, 15) is 22.8 Å². The number of nitrogens with zero attached hydrogens (tertiary/aromatic N) is 4. The minimum atomic E-state index is -4.54. The lowest BCUT2D eigenvalue weighted by molar-refractivity contribution is -0.141. The highest BCUT2D eigenvalue weighted by Crippen LogP contribution is 2.37. The summed E-state index contributed by atoms with van der Waals surface area (Å²) >= 11 is 0. The number of aromatic nitrogens is 2. The van der Waals surface area contributed by atoms with Gasteiger partial charge in [-0.1, -0.05) is 19.3 Å². The number of carbonyl (C=O) groups excluding carboxylic acids is 2. The van der Waals surface area contributed by atoms with Gasteiger partial charge in [-0.25, -0.2) is 9.97 Å². The molecule has 5 rings (SSSR count). The number of benzene rings is 1. The molecule has 0 radical (unpaired) electrons. The van der Waals surface area contributed by atoms with Crippen LogP contribution in [0.3, 0.4) is 0 Å². The molecule has 3 heterocycles. The lowest BCUT2D eigenvalue weighted by Crippen LogP contribution is -2.50. The number of hydrogen-bond donors (Lipinski definition) is 1. The first-order valence-electron chi connectivity index (χ1n) is 13.8. The Bertz CT molecular complexity index is 1360. The van der Waals surface area contributed by atoms with Gasteiger partial charge in [-0.2, -0.15) is 13.2 Å². The molecule has 2 amide bonds. The lowest BCUT2D eigenvalue weighted by Gasteiger charge is -2.35. The van der Waals surface area contributed by atoms with Gasteiger partial charge in [0, 0.05) is 43.0 Å². The molecule has 1 atom stereocenters. The Morgan fingerprint density at radius 3 is 2.34 bits per heavy atom. The van der Waals surface area contributed by atoms with Gasteiger partial charge in [0.25, 0.3) is 0 Å². The van der Waals surface area contributed by atoms with Crippen molar-refractivity contribution in [3.05, 3.63) is 41.4 Å². The summed E-state index contributed by atoms with van der Waals surface area (Å²) in [4.78, 5) is 34.5. The van der Waals surface area contributed by atoms with Gasteiger partial charge in [-0.3, -0.25) is 9.59 Å². The van der Waals surface area contributed by atoms with E-state index in [0.29, 0.717) is 54.5 Å². The SMILES string of the molecule is COc1ccc(-c2nc(C)c([C@H](C)N)o2)c2ccc(C(F)(F)F)nc12.O=CN1CCN(C(=O)C2CCCCC2)CC1. The van der Waals surface area contributed by atoms with Crippen molar-refractivity contribution in [1.29, 1.82) is 0 Å². The number of nitrogens with two attached hydrogens (primary N) is 1. The van der Waals surface area contributed by atoms with E-state index < -0.39 is 11.9 Å². The Morgan fingerprint density at radius 2 is 1.78 bits per heavy atom. The number of ether oxygens (including phenoxy) is 1. The zero-order valence-electron chi connectivity index (χ0n) is 23.5. The van der Waals surface area contributed by atoms with Gasteiger partial charge in [-0.05, 0) is 51.0 Å². The first-order valence-corrected chi connectivity index (χ1v) is 13.8. The maximum atomic E-state index is 13.0. The average Bonchev–Trinajstić information content (AvgIpc) is 3.37. The molecule has 0 bridgehead atoms. The van der Waals surface area contributed by atoms with E-state index in [-0.39, 0.29) is 29.1 Å². The van der Waals surface area contributed by atoms with Gasteiger partial charge in [0.05, 0.1) is 18.8 Å². The summed E-state index contributed by atoms with van der Waals surface area (Å²) < 4.78 is 49.8. The summed E-state index contributed by atoms with van der Waals surface area (Å²) in [6.07, 6.45) is 2.14. The van der Waals surface area contributed by atoms with Crippen LogP contribution in [0.25, 0.3) is 22.4 Å². The molecular weight excluding hydrogens is 539 g/mol. The summed E-state index contributed by atoms with van der Waals surface area (Å²) in [5, 5.41) is 0.449. The maximum absolute atomic E-state index is 13.0. The van der Waals surface area contributed by atoms with E-state index >= 15 is 0 Å². The summed E-state index contributed by atoms with van der Waals surface area (Å²) in [5.41, 5.74) is 6.09. The number of fused-ring (bicyclic) bond motifs is 1. The molecule has 2 fully saturated rings. The standard InChI is InChI=1S/C17H16F3N3O2.C12H20N2O2/c1-8(21)15-9(2)22-16(25-15)11-4-6-12(24-3)14-10(11)5-7-13(23-14)17(18,19)20;15-10-13-6-8-14(9-7-13)12(16)11-4-2-1-3-5-11/h4-8H,21H2,1-3H3;10-11H,1-9H2/t8-;/m0./s1. The van der Waals surface area contributed by atoms with Gasteiger partial charge in [0.15, 0.2) is 0 Å². The highest BCUT2D eigenvalue weighted by atomic mass is 19.4. The summed E-state index contributed by atoms with van der Waals surface area (Å²) in [6.45, 7) is 6.35. The minimum Gasteiger partial charge on any atom is -0.494 e. The normalized spacial score (nSPS) is 17.1. The molecule has 0 unspecified atom stereocenters. The zero-order chi connectivity index (χ0) is 29.7. The number of alkyl halides is 3. The number of pyridine rings is 1. The second-order valence-corrected chi connectivity index (χ2v) is 10.5. The van der Waals surface area contributed by atoms with Crippen molar-refractivity contribution in [3.8, 4) is 17.2 Å². The molecule has 41 heavy (non-hydrogen) atoms. The van der Waals surface area contributed by atoms with Crippen LogP contribution >= 0.6 is 0 Å². The van der Waals surface area contributed by atoms with Gasteiger partial charge in [0.1, 0.15) is 22.7 Å². The van der Waals surface area contributed by atoms with Crippen LogP contribution in [0.15, 0.2) is 28.7 Å². The number of piperazine rings is 1. The molecule has 1 aromatic carbocycles. The molecule has 1 aliphatic carbocycles. The molecule has 2 N–H and O–H groups in total. The highest BCUT2D eigenvalue weighted by Gasteiger charge is 2.33. The molecule has 1 saturated heterocycles. The summed E-state index contributed by atoms with van der Waals surface area (Å²) in [5.74, 6) is 1.63. The van der Waals surface area contributed by atoms with Crippen LogP contribution in [-0.4, -0.2) is 65.4 Å². The Balaban J connectivity index is 0.000000208. The molecule has 2 aromatic heterocycles. The third kappa shape index (κ3) is 6.98. The fraction of sp³-hybridized carbons (Fsp3) is 0.517. The van der Waals surface area contributed by atoms with Crippen molar-refractivity contribution in [3.63, 3.8) is 0 Å². The van der Waals surface area contributed by atoms with E-state index in [1.54, 1.807) is 24.8 Å². The number of amides is 2. The second-order valence-electron chi connectivity index (χ2n) is 10.5. The number of methoxy groups -OCH3 is 1. The van der Waals surface area contributed by atoms with Crippen molar-refractivity contribution >= 4 is 23.2 Å². The van der Waals surface area contributed by atoms with Crippen molar-refractivity contribution in [1.82, 2.24) is 19.8 Å². The predicted molar refractivity (Wildman–Crippen MR) is 147 cm³/mol. The van der Waals surface area contributed by atoms with Crippen molar-refractivity contribution in [2.45, 2.75) is 58.2 Å². The van der Waals surface area contributed by atoms with Crippen molar-refractivity contribution in [2.75, 3.05) is 33.3 Å². The fourth-order valence-electron chi connectivity index (χ4n) is 5.30. The van der Waals surface area contributed by atoms with Crippen LogP contribution in [-0.2, 0) is 15.8 Å². The van der Waals surface area contributed by atoms with E-state index in [1.807, 2.05) is 4.90 Å². The highest BCUT2D eigenvalue weighted by molar-refractivity contribution is 5.96. The van der Waals surface area contributed by atoms with E-state index in [4.69, 9.17) is 14.9 Å². The third-order valence-electron chi connectivity index (χ3n) is 7.54.